The second-order valence-electron chi connectivity index (χ2n) is 4.04. The minimum absolute atomic E-state index is 0.107. The smallest absolute Gasteiger partial charge is 0.158 e. The largest absolute Gasteiger partial charge is 0.377 e. The molecule has 0 N–H and O–H groups in total. The SMILES string of the molecule is COCC(=O)CCCOC(C)(C)C. The maximum atomic E-state index is 11.0. The molecule has 0 spiro atoms. The number of ether oxygens (including phenoxy) is 2. The van der Waals surface area contributed by atoms with Crippen LogP contribution in [-0.2, 0) is 14.3 Å². The predicted molar refractivity (Wildman–Crippen MR) is 51.8 cm³/mol. The van der Waals surface area contributed by atoms with Gasteiger partial charge in [0.1, 0.15) is 6.61 Å². The topological polar surface area (TPSA) is 35.5 Å². The third-order valence-electron chi connectivity index (χ3n) is 1.44. The molecule has 0 aromatic carbocycles. The first-order chi connectivity index (χ1) is 5.95. The van der Waals surface area contributed by atoms with Crippen molar-refractivity contribution in [2.45, 2.75) is 39.2 Å². The van der Waals surface area contributed by atoms with Gasteiger partial charge in [-0.25, -0.2) is 0 Å². The Bertz CT molecular complexity index is 147. The first-order valence-corrected chi connectivity index (χ1v) is 4.60. The normalized spacial score (nSPS) is 11.7. The zero-order chi connectivity index (χ0) is 10.3. The number of hydrogen-bond donors (Lipinski definition) is 0. The summed E-state index contributed by atoms with van der Waals surface area (Å²) in [6.07, 6.45) is 1.32. The van der Waals surface area contributed by atoms with Crippen LogP contribution in [0.25, 0.3) is 0 Å². The Kier molecular flexibility index (Phi) is 5.91. The lowest BCUT2D eigenvalue weighted by atomic mass is 10.2. The quantitative estimate of drug-likeness (QED) is 0.596. The number of methoxy groups -OCH3 is 1. The zero-order valence-electron chi connectivity index (χ0n) is 9.05. The summed E-state index contributed by atoms with van der Waals surface area (Å²) >= 11 is 0. The van der Waals surface area contributed by atoms with Gasteiger partial charge in [0.25, 0.3) is 0 Å². The van der Waals surface area contributed by atoms with E-state index in [4.69, 9.17) is 9.47 Å². The molecule has 0 fully saturated rings. The number of carbonyl (C=O) groups is 1. The van der Waals surface area contributed by atoms with Gasteiger partial charge in [0.05, 0.1) is 5.60 Å². The van der Waals surface area contributed by atoms with Crippen LogP contribution in [0.5, 0.6) is 0 Å². The van der Waals surface area contributed by atoms with Crippen LogP contribution in [0, 0.1) is 0 Å². The summed E-state index contributed by atoms with van der Waals surface area (Å²) < 4.78 is 10.2. The molecule has 0 heterocycles. The highest BCUT2D eigenvalue weighted by molar-refractivity contribution is 5.79. The summed E-state index contributed by atoms with van der Waals surface area (Å²) in [5.41, 5.74) is -0.107. The van der Waals surface area contributed by atoms with Crippen LogP contribution in [0.15, 0.2) is 0 Å². The van der Waals surface area contributed by atoms with Gasteiger partial charge in [0, 0.05) is 20.1 Å². The van der Waals surface area contributed by atoms with Crippen molar-refractivity contribution >= 4 is 5.78 Å². The van der Waals surface area contributed by atoms with E-state index in [-0.39, 0.29) is 18.0 Å². The van der Waals surface area contributed by atoms with Crippen LogP contribution in [0.2, 0.25) is 0 Å². The van der Waals surface area contributed by atoms with Crippen LogP contribution in [0.4, 0.5) is 0 Å². The molecule has 0 bridgehead atoms. The van der Waals surface area contributed by atoms with Crippen LogP contribution < -0.4 is 0 Å². The lowest BCUT2D eigenvalue weighted by Crippen LogP contribution is -2.20. The summed E-state index contributed by atoms with van der Waals surface area (Å²) in [4.78, 5) is 11.0. The van der Waals surface area contributed by atoms with Crippen molar-refractivity contribution in [3.05, 3.63) is 0 Å². The van der Waals surface area contributed by atoms with Gasteiger partial charge >= 0.3 is 0 Å². The molecule has 0 saturated carbocycles. The molecular formula is C10H20O3. The average Bonchev–Trinajstić information content (AvgIpc) is 1.97. The van der Waals surface area contributed by atoms with E-state index in [9.17, 15) is 4.79 Å². The summed E-state index contributed by atoms with van der Waals surface area (Å²) in [6, 6.07) is 0. The standard InChI is InChI=1S/C10H20O3/c1-10(2,3)13-7-5-6-9(11)8-12-4/h5-8H2,1-4H3. The van der Waals surface area contributed by atoms with Crippen molar-refractivity contribution in [1.29, 1.82) is 0 Å². The lowest BCUT2D eigenvalue weighted by molar-refractivity contribution is -0.123. The maximum Gasteiger partial charge on any atom is 0.158 e. The third-order valence-corrected chi connectivity index (χ3v) is 1.44. The molecule has 0 rings (SSSR count). The fourth-order valence-corrected chi connectivity index (χ4v) is 0.881. The number of rotatable bonds is 6. The van der Waals surface area contributed by atoms with E-state index >= 15 is 0 Å². The number of Topliss-reactive ketones (excluding diaryl/α,β-unsaturated/α-hetero) is 1. The highest BCUT2D eigenvalue weighted by atomic mass is 16.5. The van der Waals surface area contributed by atoms with E-state index in [1.807, 2.05) is 20.8 Å². The van der Waals surface area contributed by atoms with Gasteiger partial charge in [-0.1, -0.05) is 0 Å². The molecule has 0 radical (unpaired) electrons. The molecular weight excluding hydrogens is 168 g/mol. The van der Waals surface area contributed by atoms with Gasteiger partial charge in [-0.05, 0) is 27.2 Å². The Balaban J connectivity index is 3.31. The van der Waals surface area contributed by atoms with Crippen molar-refractivity contribution in [3.8, 4) is 0 Å². The predicted octanol–water partition coefficient (Wildman–Crippen LogP) is 1.80. The minimum Gasteiger partial charge on any atom is -0.377 e. The van der Waals surface area contributed by atoms with E-state index in [1.54, 1.807) is 0 Å². The van der Waals surface area contributed by atoms with Gasteiger partial charge in [0.2, 0.25) is 0 Å². The Morgan fingerprint density at radius 2 is 1.92 bits per heavy atom. The van der Waals surface area contributed by atoms with Crippen molar-refractivity contribution in [3.63, 3.8) is 0 Å². The molecule has 0 aliphatic rings. The molecule has 3 heteroatoms. The van der Waals surface area contributed by atoms with E-state index < -0.39 is 0 Å². The molecule has 78 valence electrons. The first kappa shape index (κ1) is 12.6. The molecule has 3 nitrogen and oxygen atoms in total. The molecule has 0 aliphatic heterocycles. The second-order valence-corrected chi connectivity index (χ2v) is 4.04. The zero-order valence-corrected chi connectivity index (χ0v) is 9.05. The first-order valence-electron chi connectivity index (χ1n) is 4.60. The van der Waals surface area contributed by atoms with Gasteiger partial charge in [0.15, 0.2) is 5.78 Å². The highest BCUT2D eigenvalue weighted by Crippen LogP contribution is 2.07. The van der Waals surface area contributed by atoms with Crippen LogP contribution in [-0.4, -0.2) is 31.7 Å². The fourth-order valence-electron chi connectivity index (χ4n) is 0.881. The van der Waals surface area contributed by atoms with E-state index in [0.29, 0.717) is 13.0 Å². The molecule has 13 heavy (non-hydrogen) atoms. The minimum atomic E-state index is -0.107. The van der Waals surface area contributed by atoms with E-state index in [2.05, 4.69) is 0 Å². The average molecular weight is 188 g/mol. The van der Waals surface area contributed by atoms with E-state index in [0.717, 1.165) is 6.42 Å². The number of hydrogen-bond acceptors (Lipinski definition) is 3. The number of carbonyl (C=O) groups excluding carboxylic acids is 1. The van der Waals surface area contributed by atoms with Crippen LogP contribution >= 0.6 is 0 Å². The summed E-state index contributed by atoms with van der Waals surface area (Å²) in [5.74, 6) is 0.139. The summed E-state index contributed by atoms with van der Waals surface area (Å²) in [5, 5.41) is 0. The fraction of sp³-hybridized carbons (Fsp3) is 0.900. The van der Waals surface area contributed by atoms with Crippen LogP contribution in [0.3, 0.4) is 0 Å². The Morgan fingerprint density at radius 3 is 2.38 bits per heavy atom. The third kappa shape index (κ3) is 9.50. The molecule has 0 aromatic heterocycles. The van der Waals surface area contributed by atoms with Crippen molar-refractivity contribution in [1.82, 2.24) is 0 Å². The molecule has 0 aliphatic carbocycles. The number of ketones is 1. The lowest BCUT2D eigenvalue weighted by Gasteiger charge is -2.19. The summed E-state index contributed by atoms with van der Waals surface area (Å²) in [7, 11) is 1.53. The van der Waals surface area contributed by atoms with Crippen molar-refractivity contribution in [2.75, 3.05) is 20.3 Å². The Labute approximate surface area is 80.4 Å². The molecule has 0 aromatic rings. The monoisotopic (exact) mass is 188 g/mol. The highest BCUT2D eigenvalue weighted by Gasteiger charge is 2.09. The molecule has 0 atom stereocenters. The van der Waals surface area contributed by atoms with Crippen molar-refractivity contribution < 1.29 is 14.3 Å². The maximum absolute atomic E-state index is 11.0. The Hall–Kier alpha value is -0.410. The Morgan fingerprint density at radius 1 is 1.31 bits per heavy atom. The molecule has 0 saturated heterocycles. The van der Waals surface area contributed by atoms with Crippen molar-refractivity contribution in [2.24, 2.45) is 0 Å². The van der Waals surface area contributed by atoms with Gasteiger partial charge in [-0.15, -0.1) is 0 Å². The van der Waals surface area contributed by atoms with Crippen LogP contribution in [0.1, 0.15) is 33.6 Å². The van der Waals surface area contributed by atoms with E-state index in [1.165, 1.54) is 7.11 Å². The molecule has 0 amide bonds. The van der Waals surface area contributed by atoms with Gasteiger partial charge in [-0.3, -0.25) is 4.79 Å². The summed E-state index contributed by atoms with van der Waals surface area (Å²) in [6.45, 7) is 6.87. The van der Waals surface area contributed by atoms with Gasteiger partial charge in [-0.2, -0.15) is 0 Å². The van der Waals surface area contributed by atoms with Gasteiger partial charge < -0.3 is 9.47 Å². The molecule has 0 unspecified atom stereocenters. The second kappa shape index (κ2) is 6.11.